The Balaban J connectivity index is 1.81. The molecule has 3 aromatic rings. The van der Waals surface area contributed by atoms with Gasteiger partial charge in [-0.15, -0.1) is 0 Å². The Morgan fingerprint density at radius 3 is 2.26 bits per heavy atom. The number of carbonyl (C=O) groups is 1. The van der Waals surface area contributed by atoms with Crippen LogP contribution in [0.25, 0.3) is 0 Å². The first kappa shape index (κ1) is 17.6. The van der Waals surface area contributed by atoms with Crippen molar-refractivity contribution in [3.05, 3.63) is 106 Å². The molecule has 1 amide bonds. The summed E-state index contributed by atoms with van der Waals surface area (Å²) in [4.78, 5) is 17.9. The summed E-state index contributed by atoms with van der Waals surface area (Å²) < 4.78 is 14.3. The number of hydrogen-bond donors (Lipinski definition) is 1. The van der Waals surface area contributed by atoms with Crippen molar-refractivity contribution >= 4 is 27.7 Å². The van der Waals surface area contributed by atoms with E-state index >= 15 is 0 Å². The molecule has 3 aromatic carbocycles. The molecule has 3 nitrogen and oxygen atoms in total. The summed E-state index contributed by atoms with van der Waals surface area (Å²) in [6, 6.07) is 23.3. The van der Waals surface area contributed by atoms with Gasteiger partial charge in [-0.2, -0.15) is 0 Å². The molecule has 0 bridgehead atoms. The summed E-state index contributed by atoms with van der Waals surface area (Å²) in [5.74, 6) is 0.0526. The van der Waals surface area contributed by atoms with Gasteiger partial charge in [0.15, 0.2) is 5.54 Å². The molecule has 1 N–H and O–H groups in total. The molecule has 134 valence electrons. The van der Waals surface area contributed by atoms with Gasteiger partial charge in [0.25, 0.3) is 5.91 Å². The normalized spacial score (nSPS) is 18.9. The Morgan fingerprint density at radius 2 is 1.59 bits per heavy atom. The summed E-state index contributed by atoms with van der Waals surface area (Å²) in [7, 11) is 0. The van der Waals surface area contributed by atoms with E-state index in [4.69, 9.17) is 4.99 Å². The molecule has 1 aliphatic rings. The molecule has 1 atom stereocenters. The predicted octanol–water partition coefficient (Wildman–Crippen LogP) is 4.60. The topological polar surface area (TPSA) is 41.5 Å². The SMILES string of the molecule is O=C1NC(c2ccc(Br)cc2)=NC1(Cc1ccc(F)cc1)c1ccccc1. The molecular weight excluding hydrogens is 407 g/mol. The van der Waals surface area contributed by atoms with Gasteiger partial charge in [-0.25, -0.2) is 9.38 Å². The van der Waals surface area contributed by atoms with E-state index in [0.29, 0.717) is 12.3 Å². The number of rotatable bonds is 4. The van der Waals surface area contributed by atoms with Crippen LogP contribution in [0.5, 0.6) is 0 Å². The molecule has 0 spiro atoms. The maximum Gasteiger partial charge on any atom is 0.258 e. The fourth-order valence-corrected chi connectivity index (χ4v) is 3.52. The van der Waals surface area contributed by atoms with E-state index in [-0.39, 0.29) is 11.7 Å². The lowest BCUT2D eigenvalue weighted by molar-refractivity contribution is -0.124. The monoisotopic (exact) mass is 422 g/mol. The van der Waals surface area contributed by atoms with Crippen LogP contribution < -0.4 is 5.32 Å². The van der Waals surface area contributed by atoms with E-state index in [1.54, 1.807) is 12.1 Å². The van der Waals surface area contributed by atoms with Crippen LogP contribution in [0, 0.1) is 5.82 Å². The second-order valence-electron chi connectivity index (χ2n) is 6.45. The van der Waals surface area contributed by atoms with Crippen molar-refractivity contribution < 1.29 is 9.18 Å². The van der Waals surface area contributed by atoms with Crippen molar-refractivity contribution in [3.63, 3.8) is 0 Å². The summed E-state index contributed by atoms with van der Waals surface area (Å²) >= 11 is 3.42. The Bertz CT molecular complexity index is 1000. The van der Waals surface area contributed by atoms with E-state index < -0.39 is 5.54 Å². The summed E-state index contributed by atoms with van der Waals surface area (Å²) in [5, 5.41) is 2.93. The number of halogens is 2. The van der Waals surface area contributed by atoms with Crippen LogP contribution in [0.1, 0.15) is 16.7 Å². The van der Waals surface area contributed by atoms with Crippen LogP contribution >= 0.6 is 15.9 Å². The summed E-state index contributed by atoms with van der Waals surface area (Å²) in [6.07, 6.45) is 0.350. The zero-order valence-corrected chi connectivity index (χ0v) is 15.9. The average molecular weight is 423 g/mol. The minimum absolute atomic E-state index is 0.184. The minimum Gasteiger partial charge on any atom is -0.308 e. The largest absolute Gasteiger partial charge is 0.308 e. The first-order valence-corrected chi connectivity index (χ1v) is 9.33. The van der Waals surface area contributed by atoms with Gasteiger partial charge in [0.2, 0.25) is 0 Å². The van der Waals surface area contributed by atoms with E-state index in [1.807, 2.05) is 54.6 Å². The zero-order valence-electron chi connectivity index (χ0n) is 14.3. The van der Waals surface area contributed by atoms with Gasteiger partial charge in [-0.1, -0.05) is 70.5 Å². The number of carbonyl (C=O) groups excluding carboxylic acids is 1. The quantitative estimate of drug-likeness (QED) is 0.655. The van der Waals surface area contributed by atoms with Gasteiger partial charge in [0, 0.05) is 16.5 Å². The Labute approximate surface area is 165 Å². The van der Waals surface area contributed by atoms with Crippen molar-refractivity contribution in [2.45, 2.75) is 12.0 Å². The Hall–Kier alpha value is -2.79. The van der Waals surface area contributed by atoms with Gasteiger partial charge < -0.3 is 5.32 Å². The predicted molar refractivity (Wildman–Crippen MR) is 107 cm³/mol. The molecule has 0 aliphatic carbocycles. The number of amides is 1. The lowest BCUT2D eigenvalue weighted by Crippen LogP contribution is -2.39. The summed E-state index contributed by atoms with van der Waals surface area (Å²) in [6.45, 7) is 0. The molecule has 4 rings (SSSR count). The van der Waals surface area contributed by atoms with E-state index in [1.165, 1.54) is 12.1 Å². The molecule has 1 heterocycles. The van der Waals surface area contributed by atoms with Crippen molar-refractivity contribution in [1.29, 1.82) is 0 Å². The van der Waals surface area contributed by atoms with Gasteiger partial charge >= 0.3 is 0 Å². The molecule has 1 unspecified atom stereocenters. The van der Waals surface area contributed by atoms with E-state index in [9.17, 15) is 9.18 Å². The van der Waals surface area contributed by atoms with Crippen molar-refractivity contribution in [3.8, 4) is 0 Å². The number of nitrogens with one attached hydrogen (secondary N) is 1. The number of amidine groups is 1. The number of nitrogens with zero attached hydrogens (tertiary/aromatic N) is 1. The maximum absolute atomic E-state index is 13.3. The van der Waals surface area contributed by atoms with Gasteiger partial charge in [0.05, 0.1) is 0 Å². The molecule has 0 aromatic heterocycles. The molecule has 0 fully saturated rings. The summed E-state index contributed by atoms with van der Waals surface area (Å²) in [5.41, 5.74) is 1.40. The van der Waals surface area contributed by atoms with Crippen molar-refractivity contribution in [2.24, 2.45) is 4.99 Å². The average Bonchev–Trinajstić information content (AvgIpc) is 3.02. The lowest BCUT2D eigenvalue weighted by atomic mass is 9.84. The van der Waals surface area contributed by atoms with Gasteiger partial charge in [0.1, 0.15) is 11.7 Å². The zero-order chi connectivity index (χ0) is 18.9. The molecule has 1 aliphatic heterocycles. The highest BCUT2D eigenvalue weighted by Gasteiger charge is 2.45. The molecule has 5 heteroatoms. The van der Waals surface area contributed by atoms with Crippen LogP contribution in [0.3, 0.4) is 0 Å². The Morgan fingerprint density at radius 1 is 0.926 bits per heavy atom. The maximum atomic E-state index is 13.3. The molecule has 27 heavy (non-hydrogen) atoms. The molecular formula is C22H16BrFN2O. The first-order chi connectivity index (χ1) is 13.1. The molecule has 0 radical (unpaired) electrons. The minimum atomic E-state index is -1.08. The Kier molecular flexibility index (Phi) is 4.62. The lowest BCUT2D eigenvalue weighted by Gasteiger charge is -2.24. The fraction of sp³-hybridized carbons (Fsp3) is 0.0909. The third kappa shape index (κ3) is 3.43. The highest BCUT2D eigenvalue weighted by molar-refractivity contribution is 9.10. The van der Waals surface area contributed by atoms with Crippen LogP contribution in [0.15, 0.2) is 88.3 Å². The van der Waals surface area contributed by atoms with Gasteiger partial charge in [-0.3, -0.25) is 4.79 Å². The van der Waals surface area contributed by atoms with Crippen molar-refractivity contribution in [1.82, 2.24) is 5.32 Å². The van der Waals surface area contributed by atoms with Crippen molar-refractivity contribution in [2.75, 3.05) is 0 Å². The van der Waals surface area contributed by atoms with Crippen LogP contribution in [0.2, 0.25) is 0 Å². The van der Waals surface area contributed by atoms with E-state index in [2.05, 4.69) is 21.2 Å². The van der Waals surface area contributed by atoms with Crippen LogP contribution in [-0.4, -0.2) is 11.7 Å². The highest BCUT2D eigenvalue weighted by Crippen LogP contribution is 2.34. The first-order valence-electron chi connectivity index (χ1n) is 8.54. The third-order valence-electron chi connectivity index (χ3n) is 4.65. The second kappa shape index (κ2) is 7.08. The molecule has 0 saturated carbocycles. The van der Waals surface area contributed by atoms with Crippen LogP contribution in [-0.2, 0) is 16.8 Å². The van der Waals surface area contributed by atoms with E-state index in [0.717, 1.165) is 21.2 Å². The fourth-order valence-electron chi connectivity index (χ4n) is 3.25. The number of aliphatic imine (C=N–C) groups is 1. The second-order valence-corrected chi connectivity index (χ2v) is 7.37. The number of hydrogen-bond acceptors (Lipinski definition) is 2. The van der Waals surface area contributed by atoms with Gasteiger partial charge in [-0.05, 0) is 35.4 Å². The standard InChI is InChI=1S/C22H16BrFN2O/c23-18-10-8-16(9-11-18)20-25-21(27)22(26-20,17-4-2-1-3-5-17)14-15-6-12-19(24)13-7-15/h1-13H,14H2,(H,25,26,27). The molecule has 0 saturated heterocycles. The van der Waals surface area contributed by atoms with Crippen LogP contribution in [0.4, 0.5) is 4.39 Å². The highest BCUT2D eigenvalue weighted by atomic mass is 79.9. The number of benzene rings is 3. The third-order valence-corrected chi connectivity index (χ3v) is 5.18. The smallest absolute Gasteiger partial charge is 0.258 e.